The zero-order valence-electron chi connectivity index (χ0n) is 12.3. The van der Waals surface area contributed by atoms with Crippen LogP contribution in [-0.2, 0) is 16.0 Å². The van der Waals surface area contributed by atoms with Gasteiger partial charge >= 0.3 is 5.97 Å². The van der Waals surface area contributed by atoms with Gasteiger partial charge in [-0.05, 0) is 30.5 Å². The summed E-state index contributed by atoms with van der Waals surface area (Å²) in [7, 11) is 0. The topological polar surface area (TPSA) is 47.6 Å². The summed E-state index contributed by atoms with van der Waals surface area (Å²) in [5.41, 5.74) is 2.55. The molecule has 0 radical (unpaired) electrons. The minimum absolute atomic E-state index is 0.141. The Kier molecular flexibility index (Phi) is 5.41. The predicted octanol–water partition coefficient (Wildman–Crippen LogP) is 2.62. The Hall–Kier alpha value is -1.55. The number of carbonyl (C=O) groups excluding carboxylic acids is 1. The summed E-state index contributed by atoms with van der Waals surface area (Å²) in [5, 5.41) is 3.42. The van der Waals surface area contributed by atoms with Crippen LogP contribution in [0, 0.1) is 0 Å². The number of rotatable bonds is 7. The van der Waals surface area contributed by atoms with Crippen molar-refractivity contribution in [2.45, 2.75) is 39.2 Å². The molecule has 0 bridgehead atoms. The van der Waals surface area contributed by atoms with Crippen molar-refractivity contribution < 1.29 is 14.3 Å². The Morgan fingerprint density at radius 1 is 1.45 bits per heavy atom. The molecule has 4 nitrogen and oxygen atoms in total. The van der Waals surface area contributed by atoms with Crippen LogP contribution in [0.2, 0.25) is 0 Å². The van der Waals surface area contributed by atoms with E-state index in [0.29, 0.717) is 19.6 Å². The summed E-state index contributed by atoms with van der Waals surface area (Å²) in [6.07, 6.45) is 2.39. The van der Waals surface area contributed by atoms with Gasteiger partial charge in [0.2, 0.25) is 0 Å². The lowest BCUT2D eigenvalue weighted by Crippen LogP contribution is -2.24. The Balaban J connectivity index is 1.89. The standard InChI is InChI=1S/C16H23NO3/c1-3-14(17-9-7-16(18)19-4-2)12-5-6-15-13(11-12)8-10-20-15/h5-6,11,14,17H,3-4,7-10H2,1-2H3. The van der Waals surface area contributed by atoms with Gasteiger partial charge in [0, 0.05) is 19.0 Å². The molecule has 0 aliphatic carbocycles. The summed E-state index contributed by atoms with van der Waals surface area (Å²) >= 11 is 0. The first-order valence-electron chi connectivity index (χ1n) is 7.39. The summed E-state index contributed by atoms with van der Waals surface area (Å²) < 4.78 is 10.5. The third-order valence-electron chi connectivity index (χ3n) is 3.55. The molecule has 1 aromatic rings. The maximum Gasteiger partial charge on any atom is 0.307 e. The van der Waals surface area contributed by atoms with Crippen LogP contribution < -0.4 is 10.1 Å². The van der Waals surface area contributed by atoms with E-state index in [1.165, 1.54) is 11.1 Å². The molecule has 110 valence electrons. The van der Waals surface area contributed by atoms with E-state index >= 15 is 0 Å². The van der Waals surface area contributed by atoms with Crippen LogP contribution in [0.5, 0.6) is 5.75 Å². The van der Waals surface area contributed by atoms with Gasteiger partial charge in [0.25, 0.3) is 0 Å². The molecule has 0 saturated heterocycles. The predicted molar refractivity (Wildman–Crippen MR) is 77.9 cm³/mol. The Labute approximate surface area is 120 Å². The fourth-order valence-electron chi connectivity index (χ4n) is 2.50. The van der Waals surface area contributed by atoms with E-state index in [4.69, 9.17) is 9.47 Å². The molecular formula is C16H23NO3. The summed E-state index contributed by atoms with van der Waals surface area (Å²) in [6.45, 7) is 5.84. The molecule has 1 heterocycles. The first kappa shape index (κ1) is 14.9. The molecule has 1 N–H and O–H groups in total. The molecule has 2 rings (SSSR count). The Bertz CT molecular complexity index is 459. The van der Waals surface area contributed by atoms with Crippen LogP contribution >= 0.6 is 0 Å². The van der Waals surface area contributed by atoms with E-state index in [0.717, 1.165) is 25.2 Å². The minimum Gasteiger partial charge on any atom is -0.493 e. The second-order valence-corrected chi connectivity index (χ2v) is 4.94. The number of hydrogen-bond donors (Lipinski definition) is 1. The van der Waals surface area contributed by atoms with E-state index < -0.39 is 0 Å². The first-order valence-corrected chi connectivity index (χ1v) is 7.39. The molecule has 1 aliphatic heterocycles. The maximum atomic E-state index is 11.3. The van der Waals surface area contributed by atoms with Crippen LogP contribution in [0.15, 0.2) is 18.2 Å². The van der Waals surface area contributed by atoms with Crippen molar-refractivity contribution in [3.63, 3.8) is 0 Å². The molecular weight excluding hydrogens is 254 g/mol. The quantitative estimate of drug-likeness (QED) is 0.778. The van der Waals surface area contributed by atoms with Crippen LogP contribution in [0.4, 0.5) is 0 Å². The fourth-order valence-corrected chi connectivity index (χ4v) is 2.50. The van der Waals surface area contributed by atoms with Crippen molar-refractivity contribution in [1.82, 2.24) is 5.32 Å². The molecule has 1 aliphatic rings. The molecule has 1 unspecified atom stereocenters. The zero-order chi connectivity index (χ0) is 14.4. The van der Waals surface area contributed by atoms with Crippen molar-refractivity contribution in [3.05, 3.63) is 29.3 Å². The average Bonchev–Trinajstić information content (AvgIpc) is 2.91. The van der Waals surface area contributed by atoms with Gasteiger partial charge in [-0.15, -0.1) is 0 Å². The number of esters is 1. The highest BCUT2D eigenvalue weighted by Crippen LogP contribution is 2.29. The summed E-state index contributed by atoms with van der Waals surface area (Å²) in [5.74, 6) is 0.868. The van der Waals surface area contributed by atoms with Crippen molar-refractivity contribution in [3.8, 4) is 5.75 Å². The normalized spacial score (nSPS) is 14.5. The van der Waals surface area contributed by atoms with Gasteiger partial charge in [-0.1, -0.05) is 19.1 Å². The van der Waals surface area contributed by atoms with Gasteiger partial charge in [0.05, 0.1) is 19.6 Å². The molecule has 0 fully saturated rings. The van der Waals surface area contributed by atoms with Crippen molar-refractivity contribution >= 4 is 5.97 Å². The molecule has 0 aromatic heterocycles. The number of carbonyl (C=O) groups is 1. The third kappa shape index (κ3) is 3.73. The second-order valence-electron chi connectivity index (χ2n) is 4.94. The van der Waals surface area contributed by atoms with Crippen LogP contribution in [0.3, 0.4) is 0 Å². The number of benzene rings is 1. The Morgan fingerprint density at radius 3 is 3.05 bits per heavy atom. The average molecular weight is 277 g/mol. The van der Waals surface area contributed by atoms with Crippen molar-refractivity contribution in [2.75, 3.05) is 19.8 Å². The van der Waals surface area contributed by atoms with Crippen molar-refractivity contribution in [2.24, 2.45) is 0 Å². The Morgan fingerprint density at radius 2 is 2.30 bits per heavy atom. The highest BCUT2D eigenvalue weighted by molar-refractivity contribution is 5.69. The molecule has 4 heteroatoms. The van der Waals surface area contributed by atoms with E-state index in [1.54, 1.807) is 0 Å². The van der Waals surface area contributed by atoms with E-state index in [9.17, 15) is 4.79 Å². The zero-order valence-corrected chi connectivity index (χ0v) is 12.3. The number of nitrogens with one attached hydrogen (secondary N) is 1. The molecule has 0 spiro atoms. The lowest BCUT2D eigenvalue weighted by molar-refractivity contribution is -0.143. The number of hydrogen-bond acceptors (Lipinski definition) is 4. The highest BCUT2D eigenvalue weighted by atomic mass is 16.5. The molecule has 0 saturated carbocycles. The van der Waals surface area contributed by atoms with Crippen LogP contribution in [-0.4, -0.2) is 25.7 Å². The molecule has 1 atom stereocenters. The van der Waals surface area contributed by atoms with Crippen LogP contribution in [0.1, 0.15) is 43.9 Å². The molecule has 0 amide bonds. The third-order valence-corrected chi connectivity index (χ3v) is 3.55. The largest absolute Gasteiger partial charge is 0.493 e. The summed E-state index contributed by atoms with van der Waals surface area (Å²) in [6, 6.07) is 6.65. The number of fused-ring (bicyclic) bond motifs is 1. The maximum absolute atomic E-state index is 11.3. The van der Waals surface area contributed by atoms with Gasteiger partial charge in [-0.25, -0.2) is 0 Å². The van der Waals surface area contributed by atoms with Gasteiger partial charge in [-0.3, -0.25) is 4.79 Å². The minimum atomic E-state index is -0.141. The van der Waals surface area contributed by atoms with E-state index in [1.807, 2.05) is 13.0 Å². The van der Waals surface area contributed by atoms with E-state index in [-0.39, 0.29) is 12.0 Å². The highest BCUT2D eigenvalue weighted by Gasteiger charge is 2.16. The monoisotopic (exact) mass is 277 g/mol. The molecule has 20 heavy (non-hydrogen) atoms. The second kappa shape index (κ2) is 7.29. The van der Waals surface area contributed by atoms with Gasteiger partial charge in [0.15, 0.2) is 0 Å². The first-order chi connectivity index (χ1) is 9.74. The smallest absolute Gasteiger partial charge is 0.307 e. The number of ether oxygens (including phenoxy) is 2. The van der Waals surface area contributed by atoms with E-state index in [2.05, 4.69) is 24.4 Å². The van der Waals surface area contributed by atoms with Gasteiger partial charge in [0.1, 0.15) is 5.75 Å². The fraction of sp³-hybridized carbons (Fsp3) is 0.562. The lowest BCUT2D eigenvalue weighted by Gasteiger charge is -2.18. The molecule has 1 aromatic carbocycles. The summed E-state index contributed by atoms with van der Waals surface area (Å²) in [4.78, 5) is 11.3. The van der Waals surface area contributed by atoms with Gasteiger partial charge in [-0.2, -0.15) is 0 Å². The SMILES string of the molecule is CCOC(=O)CCNC(CC)c1ccc2c(c1)CCO2. The van der Waals surface area contributed by atoms with Gasteiger partial charge < -0.3 is 14.8 Å². The lowest BCUT2D eigenvalue weighted by atomic mass is 10.0. The van der Waals surface area contributed by atoms with Crippen LogP contribution in [0.25, 0.3) is 0 Å². The van der Waals surface area contributed by atoms with Crippen molar-refractivity contribution in [1.29, 1.82) is 0 Å².